The van der Waals surface area contributed by atoms with E-state index in [1.54, 1.807) is 0 Å². The van der Waals surface area contributed by atoms with Crippen molar-refractivity contribution in [3.05, 3.63) is 291 Å². The lowest BCUT2D eigenvalue weighted by Crippen LogP contribution is -2.09. The van der Waals surface area contributed by atoms with Gasteiger partial charge in [-0.3, -0.25) is 0 Å². The van der Waals surface area contributed by atoms with Crippen LogP contribution in [-0.2, 0) is 0 Å². The van der Waals surface area contributed by atoms with E-state index in [4.69, 9.17) is 8.83 Å². The lowest BCUT2D eigenvalue weighted by molar-refractivity contribution is 0.663. The predicted molar refractivity (Wildman–Crippen MR) is 327 cm³/mol. The molecule has 0 radical (unpaired) electrons. The molecule has 0 saturated heterocycles. The Morgan fingerprint density at radius 1 is 0.192 bits per heavy atom. The molecule has 0 amide bonds. The van der Waals surface area contributed by atoms with Crippen molar-refractivity contribution in [1.82, 2.24) is 0 Å². The van der Waals surface area contributed by atoms with E-state index in [1.165, 1.54) is 44.5 Å². The van der Waals surface area contributed by atoms with E-state index in [2.05, 4.69) is 301 Å². The maximum Gasteiger partial charge on any atom is 0.136 e. The van der Waals surface area contributed by atoms with Crippen LogP contribution < -0.4 is 9.80 Å². The van der Waals surface area contributed by atoms with Gasteiger partial charge >= 0.3 is 0 Å². The molecule has 2 heterocycles. The van der Waals surface area contributed by atoms with Gasteiger partial charge in [0, 0.05) is 55.7 Å². The van der Waals surface area contributed by atoms with Crippen LogP contribution in [0.4, 0.5) is 34.1 Å². The van der Waals surface area contributed by atoms with Crippen LogP contribution in [0.25, 0.3) is 110 Å². The third kappa shape index (κ3) is 8.03. The van der Waals surface area contributed by atoms with Gasteiger partial charge in [0.1, 0.15) is 22.3 Å². The van der Waals surface area contributed by atoms with E-state index >= 15 is 0 Å². The normalized spacial score (nSPS) is 11.6. The quantitative estimate of drug-likeness (QED) is 0.137. The number of furan rings is 2. The number of benzene rings is 13. The van der Waals surface area contributed by atoms with Crippen molar-refractivity contribution in [2.24, 2.45) is 0 Å². The minimum Gasteiger partial charge on any atom is -0.456 e. The molecule has 4 nitrogen and oxygen atoms in total. The summed E-state index contributed by atoms with van der Waals surface area (Å²) in [5.41, 5.74) is 19.2. The molecule has 0 atom stereocenters. The van der Waals surface area contributed by atoms with Crippen LogP contribution in [0.1, 0.15) is 0 Å². The molecule has 0 fully saturated rings. The first-order chi connectivity index (χ1) is 38.6. The van der Waals surface area contributed by atoms with Crippen molar-refractivity contribution in [2.45, 2.75) is 0 Å². The highest BCUT2D eigenvalue weighted by molar-refractivity contribution is 6.28. The highest BCUT2D eigenvalue weighted by atomic mass is 16.3. The fourth-order valence-corrected chi connectivity index (χ4v) is 11.5. The number of fused-ring (bicyclic) bond motifs is 9. The molecule has 0 aliphatic heterocycles. The smallest absolute Gasteiger partial charge is 0.136 e. The molecule has 78 heavy (non-hydrogen) atoms. The lowest BCUT2D eigenvalue weighted by atomic mass is 10.00. The topological polar surface area (TPSA) is 32.8 Å². The van der Waals surface area contributed by atoms with E-state index in [0.29, 0.717) is 0 Å². The van der Waals surface area contributed by atoms with Crippen LogP contribution in [0.15, 0.2) is 300 Å². The van der Waals surface area contributed by atoms with E-state index in [1.807, 2.05) is 0 Å². The van der Waals surface area contributed by atoms with E-state index in [9.17, 15) is 0 Å². The van der Waals surface area contributed by atoms with Crippen molar-refractivity contribution < 1.29 is 8.83 Å². The molecule has 4 heteroatoms. The standard InChI is InChI=1S/C74H48N2O2/c1-5-13-49(14-6-1)53-21-31-61(32-22-53)75(62-33-23-54(24-34-62)50-15-7-2-8-16-50)65-39-29-57-45-67-71(47-59(57)43-65)77-69-41-42-70-74(73(67)69)68-46-58-30-40-66(44-60(58)48-72(68)78-70)76(63-35-25-55(26-36-63)51-17-9-3-10-18-51)64-37-27-56(28-38-64)52-19-11-4-12-20-52/h1-48H. The molecule has 2 aromatic heterocycles. The summed E-state index contributed by atoms with van der Waals surface area (Å²) in [4.78, 5) is 4.68. The van der Waals surface area contributed by atoms with Gasteiger partial charge in [0.05, 0.1) is 0 Å². The summed E-state index contributed by atoms with van der Waals surface area (Å²) in [6, 6.07) is 104. The molecule has 0 aliphatic rings. The summed E-state index contributed by atoms with van der Waals surface area (Å²) in [6.07, 6.45) is 0. The minimum atomic E-state index is 0.831. The van der Waals surface area contributed by atoms with E-state index < -0.39 is 0 Å². The summed E-state index contributed by atoms with van der Waals surface area (Å²) in [6.45, 7) is 0. The summed E-state index contributed by atoms with van der Waals surface area (Å²) < 4.78 is 13.6. The molecule has 13 aromatic carbocycles. The molecular weight excluding hydrogens is 949 g/mol. The summed E-state index contributed by atoms with van der Waals surface area (Å²) >= 11 is 0. The molecule has 0 unspecified atom stereocenters. The highest BCUT2D eigenvalue weighted by Crippen LogP contribution is 2.45. The number of rotatable bonds is 10. The third-order valence-electron chi connectivity index (χ3n) is 15.4. The van der Waals surface area contributed by atoms with Crippen LogP contribution in [0.2, 0.25) is 0 Å². The first-order valence-electron chi connectivity index (χ1n) is 26.5. The molecule has 15 rings (SSSR count). The summed E-state index contributed by atoms with van der Waals surface area (Å²) in [7, 11) is 0. The average molecular weight is 997 g/mol. The van der Waals surface area contributed by atoms with Gasteiger partial charge in [-0.05, 0) is 175 Å². The number of anilines is 6. The Hall–Kier alpha value is -10.4. The van der Waals surface area contributed by atoms with Gasteiger partial charge in [-0.15, -0.1) is 0 Å². The van der Waals surface area contributed by atoms with Crippen molar-refractivity contribution in [1.29, 1.82) is 0 Å². The van der Waals surface area contributed by atoms with Gasteiger partial charge in [0.25, 0.3) is 0 Å². The van der Waals surface area contributed by atoms with Crippen LogP contribution >= 0.6 is 0 Å². The van der Waals surface area contributed by atoms with Gasteiger partial charge < -0.3 is 18.6 Å². The van der Waals surface area contributed by atoms with Crippen LogP contribution in [0, 0.1) is 0 Å². The first-order valence-corrected chi connectivity index (χ1v) is 26.5. The Bertz CT molecular complexity index is 4200. The zero-order valence-electron chi connectivity index (χ0n) is 42.4. The maximum absolute atomic E-state index is 6.78. The van der Waals surface area contributed by atoms with Gasteiger partial charge in [0.15, 0.2) is 0 Å². The van der Waals surface area contributed by atoms with Crippen molar-refractivity contribution in [3.8, 4) is 44.5 Å². The Morgan fingerprint density at radius 3 is 0.756 bits per heavy atom. The molecule has 0 saturated carbocycles. The van der Waals surface area contributed by atoms with Crippen LogP contribution in [0.5, 0.6) is 0 Å². The second-order valence-corrected chi connectivity index (χ2v) is 20.1. The largest absolute Gasteiger partial charge is 0.456 e. The molecule has 0 spiro atoms. The second kappa shape index (κ2) is 18.7. The van der Waals surface area contributed by atoms with E-state index in [-0.39, 0.29) is 0 Å². The number of hydrogen-bond acceptors (Lipinski definition) is 4. The minimum absolute atomic E-state index is 0.831. The zero-order chi connectivity index (χ0) is 51.5. The summed E-state index contributed by atoms with van der Waals surface area (Å²) in [5, 5.41) is 8.69. The van der Waals surface area contributed by atoms with Crippen LogP contribution in [-0.4, -0.2) is 0 Å². The zero-order valence-corrected chi connectivity index (χ0v) is 42.4. The SMILES string of the molecule is c1ccc(-c2ccc(N(c3ccc(-c4ccccc4)cc3)c3ccc4cc5c(cc4c3)oc3ccc4oc6cc7cc(N(c8ccc(-c9ccccc9)cc8)c8ccc(-c9ccccc9)cc8)ccc7cc6c4c35)cc2)cc1. The predicted octanol–water partition coefficient (Wildman–Crippen LogP) is 21.4. The molecule has 366 valence electrons. The third-order valence-corrected chi connectivity index (χ3v) is 15.4. The Kier molecular flexibility index (Phi) is 10.8. The van der Waals surface area contributed by atoms with E-state index in [0.717, 1.165) is 99.5 Å². The number of nitrogens with zero attached hydrogens (tertiary/aromatic N) is 2. The van der Waals surface area contributed by atoms with Gasteiger partial charge in [-0.2, -0.15) is 0 Å². The average Bonchev–Trinajstić information content (AvgIpc) is 4.22. The van der Waals surface area contributed by atoms with Crippen molar-refractivity contribution >= 4 is 99.5 Å². The Balaban J connectivity index is 0.811. The van der Waals surface area contributed by atoms with Gasteiger partial charge in [-0.1, -0.05) is 182 Å². The monoisotopic (exact) mass is 996 g/mol. The van der Waals surface area contributed by atoms with Gasteiger partial charge in [0.2, 0.25) is 0 Å². The lowest BCUT2D eigenvalue weighted by Gasteiger charge is -2.26. The fourth-order valence-electron chi connectivity index (χ4n) is 11.5. The van der Waals surface area contributed by atoms with Crippen molar-refractivity contribution in [3.63, 3.8) is 0 Å². The maximum atomic E-state index is 6.78. The van der Waals surface area contributed by atoms with Crippen LogP contribution in [0.3, 0.4) is 0 Å². The summed E-state index contributed by atoms with van der Waals surface area (Å²) in [5.74, 6) is 0. The Morgan fingerprint density at radius 2 is 0.462 bits per heavy atom. The number of hydrogen-bond donors (Lipinski definition) is 0. The molecular formula is C74H48N2O2. The van der Waals surface area contributed by atoms with Gasteiger partial charge in [-0.25, -0.2) is 0 Å². The Labute approximate surface area is 451 Å². The molecule has 0 N–H and O–H groups in total. The molecule has 0 aliphatic carbocycles. The highest BCUT2D eigenvalue weighted by Gasteiger charge is 2.21. The molecule has 15 aromatic rings. The van der Waals surface area contributed by atoms with Crippen molar-refractivity contribution in [2.75, 3.05) is 9.80 Å². The second-order valence-electron chi connectivity index (χ2n) is 20.1. The molecule has 0 bridgehead atoms. The fraction of sp³-hybridized carbons (Fsp3) is 0. The first kappa shape index (κ1) is 45.0.